The second kappa shape index (κ2) is 4.47. The van der Waals surface area contributed by atoms with Crippen molar-refractivity contribution in [3.8, 4) is 0 Å². The molecule has 0 unspecified atom stereocenters. The standard InChI is InChI=1S/C9H8FNO.H2O/c1-6(2)7-4-3-5-8(10)9(7)11-12;/h3-5H,1H2,2H3;1H2. The first kappa shape index (κ1) is 11.4. The van der Waals surface area contributed by atoms with Crippen molar-refractivity contribution >= 4 is 11.3 Å². The molecule has 0 aliphatic rings. The van der Waals surface area contributed by atoms with Crippen molar-refractivity contribution in [2.75, 3.05) is 0 Å². The second-order valence-corrected chi connectivity index (χ2v) is 2.54. The third kappa shape index (κ3) is 2.19. The molecule has 0 radical (unpaired) electrons. The Morgan fingerprint density at radius 1 is 1.54 bits per heavy atom. The van der Waals surface area contributed by atoms with E-state index in [2.05, 4.69) is 6.58 Å². The summed E-state index contributed by atoms with van der Waals surface area (Å²) in [6, 6.07) is 4.42. The van der Waals surface area contributed by atoms with E-state index in [0.717, 1.165) is 0 Å². The molecule has 0 bridgehead atoms. The maximum atomic E-state index is 12.9. The molecular weight excluding hydrogens is 173 g/mol. The normalized spacial score (nSPS) is 8.77. The highest BCUT2D eigenvalue weighted by atomic mass is 19.1. The molecular formula is C9H10FNO2. The molecule has 70 valence electrons. The summed E-state index contributed by atoms with van der Waals surface area (Å²) in [5.74, 6) is -0.550. The van der Waals surface area contributed by atoms with Crippen LogP contribution in [0.5, 0.6) is 0 Å². The number of hydrogen-bond acceptors (Lipinski definition) is 2. The van der Waals surface area contributed by atoms with Crippen molar-refractivity contribution in [3.63, 3.8) is 0 Å². The quantitative estimate of drug-likeness (QED) is 0.747. The van der Waals surface area contributed by atoms with Gasteiger partial charge in [-0.25, -0.2) is 0 Å². The fourth-order valence-electron chi connectivity index (χ4n) is 0.984. The van der Waals surface area contributed by atoms with Crippen molar-refractivity contribution in [3.05, 3.63) is 41.1 Å². The summed E-state index contributed by atoms with van der Waals surface area (Å²) in [7, 11) is 0. The van der Waals surface area contributed by atoms with Gasteiger partial charge in [0.1, 0.15) is 0 Å². The Kier molecular flexibility index (Phi) is 3.94. The number of benzene rings is 1. The molecule has 0 atom stereocenters. The van der Waals surface area contributed by atoms with E-state index in [-0.39, 0.29) is 11.2 Å². The lowest BCUT2D eigenvalue weighted by Crippen LogP contribution is -2.57. The van der Waals surface area contributed by atoms with Crippen LogP contribution in [0.3, 0.4) is 0 Å². The lowest BCUT2D eigenvalue weighted by atomic mass is 10.1. The van der Waals surface area contributed by atoms with E-state index in [1.54, 1.807) is 24.2 Å². The maximum Gasteiger partial charge on any atom is 0.296 e. The molecule has 0 saturated heterocycles. The zero-order valence-corrected chi connectivity index (χ0v) is 7.17. The second-order valence-electron chi connectivity index (χ2n) is 2.54. The Balaban J connectivity index is 0.00000144. The molecule has 0 spiro atoms. The van der Waals surface area contributed by atoms with Crippen LogP contribution in [0.4, 0.5) is 10.1 Å². The van der Waals surface area contributed by atoms with Crippen LogP contribution < -0.4 is 5.18 Å². The highest BCUT2D eigenvalue weighted by Gasteiger charge is 2.14. The van der Waals surface area contributed by atoms with Crippen LogP contribution in [-0.4, -0.2) is 5.48 Å². The van der Waals surface area contributed by atoms with Gasteiger partial charge in [0.25, 0.3) is 5.69 Å². The van der Waals surface area contributed by atoms with Gasteiger partial charge in [-0.1, -0.05) is 12.6 Å². The van der Waals surface area contributed by atoms with Crippen LogP contribution in [0.2, 0.25) is 0 Å². The van der Waals surface area contributed by atoms with E-state index < -0.39 is 5.82 Å². The fraction of sp³-hybridized carbons (Fsp3) is 0.111. The van der Waals surface area contributed by atoms with E-state index in [9.17, 15) is 9.30 Å². The van der Waals surface area contributed by atoms with Gasteiger partial charge in [0.15, 0.2) is 5.82 Å². The van der Waals surface area contributed by atoms with Crippen molar-refractivity contribution < 1.29 is 15.0 Å². The van der Waals surface area contributed by atoms with Crippen LogP contribution in [-0.2, 0) is 0 Å². The van der Waals surface area contributed by atoms with Gasteiger partial charge >= 0.3 is 0 Å². The zero-order chi connectivity index (χ0) is 9.14. The van der Waals surface area contributed by atoms with Gasteiger partial charge in [0.05, 0.1) is 5.56 Å². The number of hydrogen-bond donors (Lipinski definition) is 1. The predicted octanol–water partition coefficient (Wildman–Crippen LogP) is 1.16. The van der Waals surface area contributed by atoms with Crippen LogP contribution in [0, 0.1) is 10.7 Å². The summed E-state index contributed by atoms with van der Waals surface area (Å²) in [6.45, 7) is 5.35. The molecule has 1 aromatic rings. The summed E-state index contributed by atoms with van der Waals surface area (Å²) in [5, 5.41) is 1.56. The minimum absolute atomic E-state index is 0. The Morgan fingerprint density at radius 2 is 2.15 bits per heavy atom. The number of para-hydroxylation sites is 1. The molecule has 4 heteroatoms. The number of nitroso groups, excluding NO2 is 1. The fourth-order valence-corrected chi connectivity index (χ4v) is 0.984. The molecule has 1 aromatic carbocycles. The molecule has 0 aromatic heterocycles. The van der Waals surface area contributed by atoms with Crippen LogP contribution in [0.25, 0.3) is 5.57 Å². The summed E-state index contributed by atoms with van der Waals surface area (Å²) in [5.41, 5.74) is 1.14. The Morgan fingerprint density at radius 3 is 2.54 bits per heavy atom. The molecule has 0 saturated carbocycles. The smallest absolute Gasteiger partial charge is 0.296 e. The molecule has 3 nitrogen and oxygen atoms in total. The molecule has 0 aliphatic carbocycles. The average molecular weight is 183 g/mol. The predicted molar refractivity (Wildman–Crippen MR) is 47.0 cm³/mol. The van der Waals surface area contributed by atoms with Gasteiger partial charge in [-0.2, -0.15) is 4.39 Å². The van der Waals surface area contributed by atoms with Gasteiger partial charge < -0.3 is 5.48 Å². The molecule has 0 heterocycles. The lowest BCUT2D eigenvalue weighted by molar-refractivity contribution is -0.382. The number of nitrogens with one attached hydrogen (secondary N) is 1. The molecule has 13 heavy (non-hydrogen) atoms. The van der Waals surface area contributed by atoms with Crippen molar-refractivity contribution in [1.82, 2.24) is 0 Å². The third-order valence-electron chi connectivity index (χ3n) is 1.58. The molecule has 0 aliphatic heterocycles. The first-order valence-corrected chi connectivity index (χ1v) is 3.49. The Hall–Kier alpha value is -1.55. The van der Waals surface area contributed by atoms with Crippen molar-refractivity contribution in [2.45, 2.75) is 6.92 Å². The lowest BCUT2D eigenvalue weighted by Gasteiger charge is -1.97. The van der Waals surface area contributed by atoms with Crippen molar-refractivity contribution in [1.29, 1.82) is 0 Å². The molecule has 0 amide bonds. The zero-order valence-electron chi connectivity index (χ0n) is 7.17. The van der Waals surface area contributed by atoms with E-state index in [1.807, 2.05) is 0 Å². The summed E-state index contributed by atoms with van der Waals surface area (Å²) >= 11 is 0. The van der Waals surface area contributed by atoms with Gasteiger partial charge in [-0.3, -0.25) is 0 Å². The summed E-state index contributed by atoms with van der Waals surface area (Å²) in [6.07, 6.45) is 0. The van der Waals surface area contributed by atoms with E-state index in [0.29, 0.717) is 11.1 Å². The van der Waals surface area contributed by atoms with Gasteiger partial charge in [-0.15, -0.1) is 0 Å². The topological polar surface area (TPSA) is 61.0 Å². The first-order chi connectivity index (χ1) is 5.66. The van der Waals surface area contributed by atoms with Crippen LogP contribution in [0.1, 0.15) is 12.5 Å². The molecule has 2 N–H and O–H groups in total. The van der Waals surface area contributed by atoms with Gasteiger partial charge in [-0.05, 0) is 24.6 Å². The molecule has 1 rings (SSSR count). The first-order valence-electron chi connectivity index (χ1n) is 3.49. The highest BCUT2D eigenvalue weighted by Crippen LogP contribution is 2.20. The third-order valence-corrected chi connectivity index (χ3v) is 1.58. The van der Waals surface area contributed by atoms with Crippen LogP contribution in [0.15, 0.2) is 24.8 Å². The van der Waals surface area contributed by atoms with Crippen molar-refractivity contribution in [2.24, 2.45) is 0 Å². The van der Waals surface area contributed by atoms with Gasteiger partial charge in [0.2, 0.25) is 0 Å². The Labute approximate surface area is 75.2 Å². The molecule has 0 fully saturated rings. The minimum Gasteiger partial charge on any atom is -0.870 e. The van der Waals surface area contributed by atoms with Gasteiger partial charge in [0, 0.05) is 10.1 Å². The SMILES string of the molecule is C=C(C)c1cccc(F)c1[NH+]=O.[OH-]. The number of allylic oxidation sites excluding steroid dienone is 1. The monoisotopic (exact) mass is 183 g/mol. The van der Waals surface area contributed by atoms with E-state index >= 15 is 0 Å². The number of halogens is 1. The summed E-state index contributed by atoms with van der Waals surface area (Å²) < 4.78 is 12.9. The minimum atomic E-state index is -0.550. The number of rotatable bonds is 2. The Bertz CT molecular complexity index is 336. The summed E-state index contributed by atoms with van der Waals surface area (Å²) in [4.78, 5) is 10.3. The average Bonchev–Trinajstić information content (AvgIpc) is 2.03. The maximum absolute atomic E-state index is 12.9. The van der Waals surface area contributed by atoms with E-state index in [1.165, 1.54) is 6.07 Å². The largest absolute Gasteiger partial charge is 0.870 e. The highest BCUT2D eigenvalue weighted by molar-refractivity contribution is 5.69. The van der Waals surface area contributed by atoms with Crippen LogP contribution >= 0.6 is 0 Å². The van der Waals surface area contributed by atoms with E-state index in [4.69, 9.17) is 0 Å².